The lowest BCUT2D eigenvalue weighted by Crippen LogP contribution is -2.33. The zero-order chi connectivity index (χ0) is 14.7. The number of rotatable bonds is 3. The van der Waals surface area contributed by atoms with Gasteiger partial charge < -0.3 is 10.6 Å². The first-order chi connectivity index (χ1) is 10.3. The second-order valence-electron chi connectivity index (χ2n) is 5.08. The van der Waals surface area contributed by atoms with Crippen LogP contribution in [0.2, 0.25) is 0 Å². The minimum Gasteiger partial charge on any atom is -0.373 e. The van der Waals surface area contributed by atoms with Crippen LogP contribution in [0.1, 0.15) is 12.0 Å². The van der Waals surface area contributed by atoms with Crippen LogP contribution in [0, 0.1) is 0 Å². The molecule has 0 saturated heterocycles. The van der Waals surface area contributed by atoms with E-state index in [4.69, 9.17) is 0 Å². The van der Waals surface area contributed by atoms with Gasteiger partial charge in [0.1, 0.15) is 6.04 Å². The van der Waals surface area contributed by atoms with Gasteiger partial charge in [-0.1, -0.05) is 30.3 Å². The Morgan fingerprint density at radius 3 is 2.76 bits per heavy atom. The van der Waals surface area contributed by atoms with Gasteiger partial charge in [0.15, 0.2) is 0 Å². The summed E-state index contributed by atoms with van der Waals surface area (Å²) in [4.78, 5) is 13.6. The summed E-state index contributed by atoms with van der Waals surface area (Å²) in [6.45, 7) is 0. The summed E-state index contributed by atoms with van der Waals surface area (Å²) in [5.41, 5.74) is 3.16. The number of anilines is 2. The fourth-order valence-corrected chi connectivity index (χ4v) is 3.16. The van der Waals surface area contributed by atoms with E-state index in [1.165, 1.54) is 5.56 Å². The minimum atomic E-state index is -0.203. The van der Waals surface area contributed by atoms with Crippen LogP contribution in [0.4, 0.5) is 11.4 Å². The number of hydrogen-bond acceptors (Lipinski definition) is 3. The van der Waals surface area contributed by atoms with E-state index < -0.39 is 0 Å². The van der Waals surface area contributed by atoms with Gasteiger partial charge in [0.2, 0.25) is 5.91 Å². The highest BCUT2D eigenvalue weighted by atomic mass is 32.2. The molecule has 1 amide bonds. The first-order valence-corrected chi connectivity index (χ1v) is 8.29. The van der Waals surface area contributed by atoms with E-state index in [1.54, 1.807) is 11.8 Å². The van der Waals surface area contributed by atoms with E-state index in [0.29, 0.717) is 0 Å². The largest absolute Gasteiger partial charge is 0.373 e. The van der Waals surface area contributed by atoms with Gasteiger partial charge in [0.25, 0.3) is 0 Å². The number of thioether (sulfide) groups is 1. The maximum absolute atomic E-state index is 12.4. The Labute approximate surface area is 129 Å². The number of para-hydroxylation sites is 2. The van der Waals surface area contributed by atoms with Crippen molar-refractivity contribution in [2.24, 2.45) is 0 Å². The van der Waals surface area contributed by atoms with Crippen LogP contribution in [0.3, 0.4) is 0 Å². The molecule has 0 aliphatic carbocycles. The number of aryl methyl sites for hydroxylation is 1. The highest BCUT2D eigenvalue weighted by Crippen LogP contribution is 2.28. The number of benzene rings is 2. The average Bonchev–Trinajstić information content (AvgIpc) is 2.67. The molecule has 1 heterocycles. The van der Waals surface area contributed by atoms with Crippen molar-refractivity contribution in [3.8, 4) is 0 Å². The molecule has 0 aromatic heterocycles. The fourth-order valence-electron chi connectivity index (χ4n) is 2.60. The van der Waals surface area contributed by atoms with Crippen LogP contribution in [-0.4, -0.2) is 18.2 Å². The van der Waals surface area contributed by atoms with Crippen molar-refractivity contribution >= 4 is 29.0 Å². The van der Waals surface area contributed by atoms with E-state index in [9.17, 15) is 4.79 Å². The van der Waals surface area contributed by atoms with Gasteiger partial charge in [0.05, 0.1) is 0 Å². The molecule has 1 aliphatic rings. The molecule has 0 radical (unpaired) electrons. The molecule has 0 bridgehead atoms. The van der Waals surface area contributed by atoms with Gasteiger partial charge in [-0.25, -0.2) is 0 Å². The summed E-state index contributed by atoms with van der Waals surface area (Å²) in [5, 5.41) is 6.41. The molecule has 1 aliphatic heterocycles. The maximum atomic E-state index is 12.4. The molecule has 4 heteroatoms. The average molecular weight is 298 g/mol. The number of fused-ring (bicyclic) bond motifs is 1. The Balaban J connectivity index is 1.80. The van der Waals surface area contributed by atoms with Crippen LogP contribution < -0.4 is 10.6 Å². The van der Waals surface area contributed by atoms with Gasteiger partial charge in [0, 0.05) is 16.3 Å². The number of hydrogen-bond donors (Lipinski definition) is 2. The molecule has 0 saturated carbocycles. The fraction of sp³-hybridized carbons (Fsp3) is 0.235. The van der Waals surface area contributed by atoms with Gasteiger partial charge in [-0.3, -0.25) is 4.79 Å². The SMILES string of the molecule is CSc1ccccc1NC1CCc2ccccc2NC1=O. The molecule has 21 heavy (non-hydrogen) atoms. The van der Waals surface area contributed by atoms with Crippen molar-refractivity contribution in [2.75, 3.05) is 16.9 Å². The zero-order valence-corrected chi connectivity index (χ0v) is 12.7. The predicted molar refractivity (Wildman–Crippen MR) is 89.0 cm³/mol. The van der Waals surface area contributed by atoms with Crippen LogP contribution in [0.15, 0.2) is 53.4 Å². The van der Waals surface area contributed by atoms with Crippen molar-refractivity contribution < 1.29 is 4.79 Å². The maximum Gasteiger partial charge on any atom is 0.246 e. The summed E-state index contributed by atoms with van der Waals surface area (Å²) < 4.78 is 0. The standard InChI is InChI=1S/C17H18N2OS/c1-21-16-9-5-4-8-14(16)18-15-11-10-12-6-2-3-7-13(12)19-17(15)20/h2-9,15,18H,10-11H2,1H3,(H,19,20). The van der Waals surface area contributed by atoms with E-state index >= 15 is 0 Å². The van der Waals surface area contributed by atoms with Gasteiger partial charge >= 0.3 is 0 Å². The topological polar surface area (TPSA) is 41.1 Å². The molecule has 2 aromatic carbocycles. The molecule has 2 N–H and O–H groups in total. The predicted octanol–water partition coefficient (Wildman–Crippen LogP) is 3.77. The van der Waals surface area contributed by atoms with Crippen LogP contribution in [0.25, 0.3) is 0 Å². The number of amides is 1. The van der Waals surface area contributed by atoms with E-state index in [0.717, 1.165) is 29.1 Å². The minimum absolute atomic E-state index is 0.0378. The summed E-state index contributed by atoms with van der Waals surface area (Å²) >= 11 is 1.68. The quantitative estimate of drug-likeness (QED) is 0.847. The van der Waals surface area contributed by atoms with E-state index in [1.807, 2.05) is 42.7 Å². The Morgan fingerprint density at radius 1 is 1.14 bits per heavy atom. The third kappa shape index (κ3) is 3.05. The number of carbonyl (C=O) groups excluding carboxylic acids is 1. The second kappa shape index (κ2) is 6.22. The summed E-state index contributed by atoms with van der Waals surface area (Å²) in [5.74, 6) is 0.0378. The monoisotopic (exact) mass is 298 g/mol. The lowest BCUT2D eigenvalue weighted by Gasteiger charge is -2.18. The number of carbonyl (C=O) groups is 1. The third-order valence-corrected chi connectivity index (χ3v) is 4.53. The van der Waals surface area contributed by atoms with Crippen molar-refractivity contribution in [2.45, 2.75) is 23.8 Å². The Bertz CT molecular complexity index is 657. The van der Waals surface area contributed by atoms with Gasteiger partial charge in [-0.05, 0) is 42.9 Å². The van der Waals surface area contributed by atoms with Gasteiger partial charge in [-0.2, -0.15) is 0 Å². The molecule has 1 atom stereocenters. The van der Waals surface area contributed by atoms with Crippen LogP contribution in [0.5, 0.6) is 0 Å². The van der Waals surface area contributed by atoms with Crippen molar-refractivity contribution in [3.63, 3.8) is 0 Å². The third-order valence-electron chi connectivity index (χ3n) is 3.73. The van der Waals surface area contributed by atoms with Crippen LogP contribution >= 0.6 is 11.8 Å². The molecule has 108 valence electrons. The molecule has 0 fully saturated rings. The highest BCUT2D eigenvalue weighted by molar-refractivity contribution is 7.98. The highest BCUT2D eigenvalue weighted by Gasteiger charge is 2.23. The summed E-state index contributed by atoms with van der Waals surface area (Å²) in [6.07, 6.45) is 3.74. The Kier molecular flexibility index (Phi) is 4.15. The second-order valence-corrected chi connectivity index (χ2v) is 5.93. The van der Waals surface area contributed by atoms with Crippen LogP contribution in [-0.2, 0) is 11.2 Å². The molecular formula is C17H18N2OS. The van der Waals surface area contributed by atoms with Crippen molar-refractivity contribution in [1.29, 1.82) is 0 Å². The molecule has 0 spiro atoms. The molecular weight excluding hydrogens is 280 g/mol. The summed E-state index contributed by atoms with van der Waals surface area (Å²) in [7, 11) is 0. The van der Waals surface area contributed by atoms with Crippen molar-refractivity contribution in [1.82, 2.24) is 0 Å². The van der Waals surface area contributed by atoms with E-state index in [2.05, 4.69) is 22.8 Å². The molecule has 1 unspecified atom stereocenters. The lowest BCUT2D eigenvalue weighted by molar-refractivity contribution is -0.116. The lowest BCUT2D eigenvalue weighted by atomic mass is 10.1. The van der Waals surface area contributed by atoms with Crippen molar-refractivity contribution in [3.05, 3.63) is 54.1 Å². The zero-order valence-electron chi connectivity index (χ0n) is 11.9. The number of nitrogens with one attached hydrogen (secondary N) is 2. The first kappa shape index (κ1) is 14.0. The van der Waals surface area contributed by atoms with E-state index in [-0.39, 0.29) is 11.9 Å². The molecule has 3 nitrogen and oxygen atoms in total. The Morgan fingerprint density at radius 2 is 1.90 bits per heavy atom. The molecule has 2 aromatic rings. The van der Waals surface area contributed by atoms with Gasteiger partial charge in [-0.15, -0.1) is 11.8 Å². The first-order valence-electron chi connectivity index (χ1n) is 7.06. The smallest absolute Gasteiger partial charge is 0.246 e. The normalized spacial score (nSPS) is 17.6. The Hall–Kier alpha value is -1.94. The molecule has 3 rings (SSSR count). The summed E-state index contributed by atoms with van der Waals surface area (Å²) in [6, 6.07) is 15.9.